The van der Waals surface area contributed by atoms with Gasteiger partial charge in [0.15, 0.2) is 0 Å². The number of hydrogen-bond acceptors (Lipinski definition) is 3. The Hall–Kier alpha value is -0.440. The molecule has 0 heterocycles. The lowest BCUT2D eigenvalue weighted by Crippen LogP contribution is -2.16. The zero-order valence-corrected chi connectivity index (χ0v) is 7.11. The first-order valence-corrected chi connectivity index (χ1v) is 4.31. The van der Waals surface area contributed by atoms with Gasteiger partial charge in [0.05, 0.1) is 5.25 Å². The maximum absolute atomic E-state index is 10.8. The van der Waals surface area contributed by atoms with Crippen LogP contribution in [0.2, 0.25) is 0 Å². The molecule has 0 aromatic heterocycles. The third-order valence-corrected chi connectivity index (χ3v) is 1.93. The first-order valence-electron chi connectivity index (χ1n) is 3.02. The average molecular weight is 160 g/mol. The molecule has 2 nitrogen and oxygen atoms in total. The van der Waals surface area contributed by atoms with Crippen molar-refractivity contribution >= 4 is 17.7 Å². The van der Waals surface area contributed by atoms with Crippen LogP contribution in [-0.4, -0.2) is 24.1 Å². The minimum Gasteiger partial charge on any atom is -0.461 e. The Morgan fingerprint density at radius 2 is 2.50 bits per heavy atom. The van der Waals surface area contributed by atoms with Gasteiger partial charge in [0.1, 0.15) is 6.61 Å². The molecule has 1 atom stereocenters. The van der Waals surface area contributed by atoms with E-state index < -0.39 is 0 Å². The Kier molecular flexibility index (Phi) is 5.12. The second-order valence-electron chi connectivity index (χ2n) is 1.80. The van der Waals surface area contributed by atoms with Crippen molar-refractivity contribution in [2.75, 3.05) is 12.9 Å². The molecule has 58 valence electrons. The van der Waals surface area contributed by atoms with Gasteiger partial charge in [-0.2, -0.15) is 11.8 Å². The lowest BCUT2D eigenvalue weighted by molar-refractivity contribution is -0.141. The molecule has 0 N–H and O–H groups in total. The van der Waals surface area contributed by atoms with Crippen LogP contribution in [0.25, 0.3) is 0 Å². The topological polar surface area (TPSA) is 26.3 Å². The third kappa shape index (κ3) is 3.56. The number of carbonyl (C=O) groups is 1. The SMILES string of the molecule is C=CCOC(=O)C(C)SC. The second-order valence-corrected chi connectivity index (χ2v) is 2.98. The smallest absolute Gasteiger partial charge is 0.319 e. The number of esters is 1. The Morgan fingerprint density at radius 3 is 2.90 bits per heavy atom. The van der Waals surface area contributed by atoms with Gasteiger partial charge in [0.2, 0.25) is 0 Å². The molecule has 0 aromatic rings. The van der Waals surface area contributed by atoms with Gasteiger partial charge in [-0.15, -0.1) is 0 Å². The Labute approximate surface area is 65.6 Å². The molecule has 0 aliphatic carbocycles. The molecule has 0 aliphatic heterocycles. The molecule has 0 aromatic carbocycles. The van der Waals surface area contributed by atoms with Crippen molar-refractivity contribution < 1.29 is 9.53 Å². The van der Waals surface area contributed by atoms with Crippen LogP contribution in [0.3, 0.4) is 0 Å². The molecule has 0 rings (SSSR count). The van der Waals surface area contributed by atoms with Crippen molar-refractivity contribution in [1.29, 1.82) is 0 Å². The summed E-state index contributed by atoms with van der Waals surface area (Å²) in [5.41, 5.74) is 0. The monoisotopic (exact) mass is 160 g/mol. The summed E-state index contributed by atoms with van der Waals surface area (Å²) in [5.74, 6) is -0.174. The van der Waals surface area contributed by atoms with Gasteiger partial charge in [-0.05, 0) is 13.2 Å². The van der Waals surface area contributed by atoms with Crippen LogP contribution in [0.5, 0.6) is 0 Å². The summed E-state index contributed by atoms with van der Waals surface area (Å²) in [4.78, 5) is 10.8. The molecule has 0 aliphatic rings. The number of carbonyl (C=O) groups excluding carboxylic acids is 1. The fraction of sp³-hybridized carbons (Fsp3) is 0.571. The lowest BCUT2D eigenvalue weighted by Gasteiger charge is -2.05. The summed E-state index contributed by atoms with van der Waals surface area (Å²) in [5, 5.41) is -0.0695. The number of hydrogen-bond donors (Lipinski definition) is 0. The van der Waals surface area contributed by atoms with Crippen molar-refractivity contribution in [1.82, 2.24) is 0 Å². The number of rotatable bonds is 4. The zero-order chi connectivity index (χ0) is 7.98. The molecule has 3 heteroatoms. The van der Waals surface area contributed by atoms with Crippen molar-refractivity contribution in [2.45, 2.75) is 12.2 Å². The second kappa shape index (κ2) is 5.35. The molecule has 0 radical (unpaired) electrons. The highest BCUT2D eigenvalue weighted by Gasteiger charge is 2.10. The molecule has 1 unspecified atom stereocenters. The molecular weight excluding hydrogens is 148 g/mol. The molecule has 0 spiro atoms. The first-order chi connectivity index (χ1) is 4.72. The molecular formula is C7H12O2S. The summed E-state index contributed by atoms with van der Waals surface area (Å²) in [6.45, 7) is 5.56. The van der Waals surface area contributed by atoms with Crippen LogP contribution in [-0.2, 0) is 9.53 Å². The van der Waals surface area contributed by atoms with Gasteiger partial charge >= 0.3 is 5.97 Å². The van der Waals surface area contributed by atoms with Crippen LogP contribution in [0, 0.1) is 0 Å². The summed E-state index contributed by atoms with van der Waals surface area (Å²) in [7, 11) is 0. The van der Waals surface area contributed by atoms with Gasteiger partial charge in [-0.1, -0.05) is 12.7 Å². The first kappa shape index (κ1) is 9.56. The van der Waals surface area contributed by atoms with Crippen LogP contribution in [0.15, 0.2) is 12.7 Å². The van der Waals surface area contributed by atoms with E-state index in [9.17, 15) is 4.79 Å². The summed E-state index contributed by atoms with van der Waals surface area (Å²) in [6.07, 6.45) is 3.44. The molecule has 0 saturated carbocycles. The standard InChI is InChI=1S/C7H12O2S/c1-4-5-9-7(8)6(2)10-3/h4,6H,1,5H2,2-3H3. The van der Waals surface area contributed by atoms with Crippen LogP contribution in [0.4, 0.5) is 0 Å². The maximum atomic E-state index is 10.8. The molecule has 0 saturated heterocycles. The Bertz CT molecular complexity index is 123. The fourth-order valence-corrected chi connectivity index (χ4v) is 0.615. The molecule has 10 heavy (non-hydrogen) atoms. The van der Waals surface area contributed by atoms with E-state index in [1.165, 1.54) is 11.8 Å². The van der Waals surface area contributed by atoms with Crippen LogP contribution >= 0.6 is 11.8 Å². The van der Waals surface area contributed by atoms with Crippen molar-refractivity contribution in [3.05, 3.63) is 12.7 Å². The van der Waals surface area contributed by atoms with Crippen molar-refractivity contribution in [2.24, 2.45) is 0 Å². The highest BCUT2D eigenvalue weighted by molar-refractivity contribution is 7.99. The normalized spacial score (nSPS) is 12.2. The maximum Gasteiger partial charge on any atom is 0.319 e. The predicted molar refractivity (Wildman–Crippen MR) is 44.1 cm³/mol. The van der Waals surface area contributed by atoms with E-state index in [0.29, 0.717) is 6.61 Å². The number of ether oxygens (including phenoxy) is 1. The van der Waals surface area contributed by atoms with E-state index in [4.69, 9.17) is 4.74 Å². The third-order valence-electron chi connectivity index (χ3n) is 1.03. The van der Waals surface area contributed by atoms with E-state index in [2.05, 4.69) is 6.58 Å². The molecule has 0 bridgehead atoms. The average Bonchev–Trinajstić information content (AvgIpc) is 1.98. The van der Waals surface area contributed by atoms with E-state index >= 15 is 0 Å². The Morgan fingerprint density at radius 1 is 1.90 bits per heavy atom. The van der Waals surface area contributed by atoms with E-state index in [1.54, 1.807) is 6.08 Å². The molecule has 0 fully saturated rings. The van der Waals surface area contributed by atoms with E-state index in [-0.39, 0.29) is 11.2 Å². The largest absolute Gasteiger partial charge is 0.461 e. The van der Waals surface area contributed by atoms with E-state index in [1.807, 2.05) is 13.2 Å². The summed E-state index contributed by atoms with van der Waals surface area (Å²) < 4.78 is 4.77. The molecule has 0 amide bonds. The van der Waals surface area contributed by atoms with Gasteiger partial charge < -0.3 is 4.74 Å². The highest BCUT2D eigenvalue weighted by Crippen LogP contribution is 2.06. The minimum absolute atomic E-state index is 0.0695. The highest BCUT2D eigenvalue weighted by atomic mass is 32.2. The Balaban J connectivity index is 3.51. The lowest BCUT2D eigenvalue weighted by atomic mass is 10.5. The summed E-state index contributed by atoms with van der Waals surface area (Å²) >= 11 is 1.47. The van der Waals surface area contributed by atoms with Gasteiger partial charge in [0.25, 0.3) is 0 Å². The van der Waals surface area contributed by atoms with Crippen molar-refractivity contribution in [3.63, 3.8) is 0 Å². The van der Waals surface area contributed by atoms with Gasteiger partial charge in [-0.25, -0.2) is 0 Å². The van der Waals surface area contributed by atoms with E-state index in [0.717, 1.165) is 0 Å². The summed E-state index contributed by atoms with van der Waals surface area (Å²) in [6, 6.07) is 0. The van der Waals surface area contributed by atoms with Crippen LogP contribution in [0.1, 0.15) is 6.92 Å². The minimum atomic E-state index is -0.174. The fourth-order valence-electron chi connectivity index (χ4n) is 0.355. The quantitative estimate of drug-likeness (QED) is 0.460. The predicted octanol–water partition coefficient (Wildman–Crippen LogP) is 1.47. The number of thioether (sulfide) groups is 1. The zero-order valence-electron chi connectivity index (χ0n) is 6.29. The van der Waals surface area contributed by atoms with Crippen LogP contribution < -0.4 is 0 Å². The van der Waals surface area contributed by atoms with Crippen molar-refractivity contribution in [3.8, 4) is 0 Å². The van der Waals surface area contributed by atoms with Gasteiger partial charge in [-0.3, -0.25) is 4.79 Å². The van der Waals surface area contributed by atoms with Gasteiger partial charge in [0, 0.05) is 0 Å².